The molecule has 0 nitrogen and oxygen atoms in total. The summed E-state index contributed by atoms with van der Waals surface area (Å²) in [5, 5.41) is 0. The van der Waals surface area contributed by atoms with Crippen LogP contribution in [0.4, 0.5) is 0 Å². The summed E-state index contributed by atoms with van der Waals surface area (Å²) in [6.07, 6.45) is 9.96. The van der Waals surface area contributed by atoms with Crippen LogP contribution in [0.3, 0.4) is 0 Å². The second kappa shape index (κ2) is 4.04. The van der Waals surface area contributed by atoms with Gasteiger partial charge in [0.05, 0.1) is 0 Å². The standard InChI is InChI=1S/C16H19.Li/c1-11(2)8-14-6-7-15-9-12-4-3-5-13(12)10-16(14)15;/h6-7,9-11H,3-5,8H2,1-2H3;. The average Bonchev–Trinajstić information content (AvgIpc) is 2.81. The van der Waals surface area contributed by atoms with E-state index in [1.165, 1.54) is 31.2 Å². The van der Waals surface area contributed by atoms with Gasteiger partial charge in [-0.1, -0.05) is 0 Å². The summed E-state index contributed by atoms with van der Waals surface area (Å²) in [5.41, 5.74) is 6.27. The molecular formula is C16H19Li. The van der Waals surface area contributed by atoms with E-state index in [1.807, 2.05) is 0 Å². The van der Waals surface area contributed by atoms with Gasteiger partial charge in [-0.2, -0.15) is 0 Å². The molecule has 0 aromatic heterocycles. The predicted molar refractivity (Wildman–Crippen MR) is 74.4 cm³/mol. The fourth-order valence-electron chi connectivity index (χ4n) is 3.67. The fourth-order valence-corrected chi connectivity index (χ4v) is 3.67. The molecule has 0 bridgehead atoms. The summed E-state index contributed by atoms with van der Waals surface area (Å²) in [5.74, 6) is 0.754. The Morgan fingerprint density at radius 1 is 1.24 bits per heavy atom. The van der Waals surface area contributed by atoms with Crippen LogP contribution >= 0.6 is 0 Å². The third kappa shape index (κ3) is 1.92. The van der Waals surface area contributed by atoms with Gasteiger partial charge < -0.3 is 0 Å². The Hall–Kier alpha value is -0.443. The van der Waals surface area contributed by atoms with E-state index < -0.39 is 0 Å². The van der Waals surface area contributed by atoms with Gasteiger partial charge in [-0.05, 0) is 0 Å². The van der Waals surface area contributed by atoms with Crippen LogP contribution in [0.2, 0.25) is 0 Å². The molecule has 1 unspecified atom stereocenters. The van der Waals surface area contributed by atoms with Crippen LogP contribution in [0.5, 0.6) is 0 Å². The molecule has 84 valence electrons. The first-order valence-electron chi connectivity index (χ1n) is 6.94. The Morgan fingerprint density at radius 3 is 2.65 bits per heavy atom. The number of aryl methyl sites for hydroxylation is 2. The number of rotatable bonds is 2. The number of hydrogen-bond donors (Lipinski definition) is 0. The molecule has 2 aliphatic carbocycles. The molecular weight excluding hydrogens is 199 g/mol. The van der Waals surface area contributed by atoms with Crippen LogP contribution in [0, 0.1) is 5.92 Å². The fraction of sp³-hybridized carbons (Fsp3) is 0.500. The van der Waals surface area contributed by atoms with Crippen molar-refractivity contribution in [2.75, 3.05) is 0 Å². The van der Waals surface area contributed by atoms with Crippen molar-refractivity contribution in [2.24, 2.45) is 5.92 Å². The molecule has 0 saturated heterocycles. The van der Waals surface area contributed by atoms with E-state index in [4.69, 9.17) is 0 Å². The summed E-state index contributed by atoms with van der Waals surface area (Å²) >= 11 is 2.40. The molecule has 0 heterocycles. The Bertz CT molecular complexity index is 485. The van der Waals surface area contributed by atoms with E-state index in [9.17, 15) is 0 Å². The number of fused-ring (bicyclic) bond motifs is 2. The van der Waals surface area contributed by atoms with Crippen LogP contribution in [0.25, 0.3) is 6.08 Å². The Labute approximate surface area is 114 Å². The first-order chi connectivity index (χ1) is 8.08. The molecule has 0 saturated carbocycles. The molecule has 0 aliphatic heterocycles. The topological polar surface area (TPSA) is 0 Å². The van der Waals surface area contributed by atoms with Crippen molar-refractivity contribution in [3.63, 3.8) is 0 Å². The molecule has 2 aliphatic rings. The summed E-state index contributed by atoms with van der Waals surface area (Å²) in [4.78, 5) is 0. The van der Waals surface area contributed by atoms with Gasteiger partial charge in [0.15, 0.2) is 0 Å². The molecule has 0 amide bonds. The van der Waals surface area contributed by atoms with Crippen LogP contribution in [-0.4, -0.2) is 17.7 Å². The Kier molecular flexibility index (Phi) is 2.77. The third-order valence-corrected chi connectivity index (χ3v) is 4.34. The van der Waals surface area contributed by atoms with Gasteiger partial charge in [0.1, 0.15) is 0 Å². The molecule has 17 heavy (non-hydrogen) atoms. The second-order valence-corrected chi connectivity index (χ2v) is 6.41. The summed E-state index contributed by atoms with van der Waals surface area (Å²) in [6, 6.07) is 4.94. The Morgan fingerprint density at radius 2 is 1.94 bits per heavy atom. The van der Waals surface area contributed by atoms with E-state index >= 15 is 0 Å². The van der Waals surface area contributed by atoms with Crippen molar-refractivity contribution in [2.45, 2.75) is 43.6 Å². The normalized spacial score (nSPS) is 25.5. The molecule has 0 fully saturated rings. The summed E-state index contributed by atoms with van der Waals surface area (Å²) in [7, 11) is 0. The zero-order valence-corrected chi connectivity index (χ0v) is 11.2. The van der Waals surface area contributed by atoms with Gasteiger partial charge in [-0.3, -0.25) is 0 Å². The van der Waals surface area contributed by atoms with Crippen molar-refractivity contribution < 1.29 is 0 Å². The van der Waals surface area contributed by atoms with E-state index in [0.29, 0.717) is 0 Å². The minimum atomic E-state index is 0.279. The molecule has 1 atom stereocenters. The molecule has 1 aromatic carbocycles. The first kappa shape index (κ1) is 11.6. The van der Waals surface area contributed by atoms with Crippen LogP contribution < -0.4 is 0 Å². The van der Waals surface area contributed by atoms with Crippen LogP contribution in [-0.2, 0) is 16.9 Å². The molecule has 0 N–H and O–H groups in total. The van der Waals surface area contributed by atoms with Gasteiger partial charge in [0, 0.05) is 0 Å². The van der Waals surface area contributed by atoms with E-state index in [-0.39, 0.29) is 4.09 Å². The number of allylic oxidation sites excluding steroid dienone is 1. The maximum atomic E-state index is 2.50. The quantitative estimate of drug-likeness (QED) is 0.665. The zero-order chi connectivity index (χ0) is 12.0. The third-order valence-electron chi connectivity index (χ3n) is 4.34. The first-order valence-corrected chi connectivity index (χ1v) is 6.94. The van der Waals surface area contributed by atoms with Crippen LogP contribution in [0.1, 0.15) is 48.9 Å². The van der Waals surface area contributed by atoms with Crippen molar-refractivity contribution >= 4 is 23.8 Å². The van der Waals surface area contributed by atoms with Crippen LogP contribution in [0.15, 0.2) is 18.2 Å². The van der Waals surface area contributed by atoms with E-state index in [2.05, 4.69) is 55.8 Å². The monoisotopic (exact) mass is 218 g/mol. The van der Waals surface area contributed by atoms with Gasteiger partial charge in [-0.25, -0.2) is 0 Å². The maximum absolute atomic E-state index is 2.50. The summed E-state index contributed by atoms with van der Waals surface area (Å²) in [6.45, 7) is 4.65. The average molecular weight is 218 g/mol. The van der Waals surface area contributed by atoms with E-state index in [1.54, 1.807) is 16.7 Å². The minimum absolute atomic E-state index is 0.279. The van der Waals surface area contributed by atoms with Gasteiger partial charge >= 0.3 is 114 Å². The van der Waals surface area contributed by atoms with E-state index in [0.717, 1.165) is 5.92 Å². The molecule has 0 spiro atoms. The zero-order valence-electron chi connectivity index (χ0n) is 11.2. The second-order valence-electron chi connectivity index (χ2n) is 6.41. The molecule has 1 heteroatoms. The van der Waals surface area contributed by atoms with Crippen molar-refractivity contribution in [3.8, 4) is 0 Å². The number of benzene rings is 1. The van der Waals surface area contributed by atoms with Crippen molar-refractivity contribution in [3.05, 3.63) is 40.5 Å². The number of hydrogen-bond acceptors (Lipinski definition) is 0. The SMILES string of the molecule is [Li][C]1(CC(C)C)C=Cc2cc3c(cc21)CCC3. The van der Waals surface area contributed by atoms with Gasteiger partial charge in [0.2, 0.25) is 0 Å². The Balaban J connectivity index is 2.05. The van der Waals surface area contributed by atoms with Gasteiger partial charge in [0.25, 0.3) is 0 Å². The predicted octanol–water partition coefficient (Wildman–Crippen LogP) is 3.61. The summed E-state index contributed by atoms with van der Waals surface area (Å²) < 4.78 is 0.279. The molecule has 3 rings (SSSR count). The molecule has 1 aromatic rings. The van der Waals surface area contributed by atoms with Crippen molar-refractivity contribution in [1.82, 2.24) is 0 Å². The van der Waals surface area contributed by atoms with Crippen molar-refractivity contribution in [1.29, 1.82) is 0 Å². The van der Waals surface area contributed by atoms with Gasteiger partial charge in [-0.15, -0.1) is 0 Å². The molecule has 0 radical (unpaired) electrons.